The monoisotopic (exact) mass is 189 g/mol. The summed E-state index contributed by atoms with van der Waals surface area (Å²) >= 11 is 0. The van der Waals surface area contributed by atoms with Crippen LogP contribution in [0.2, 0.25) is 0 Å². The Morgan fingerprint density at radius 2 is 2.00 bits per heavy atom. The molecule has 0 fully saturated rings. The molecule has 0 bridgehead atoms. The second kappa shape index (κ2) is 3.95. The van der Waals surface area contributed by atoms with E-state index in [0.29, 0.717) is 0 Å². The highest BCUT2D eigenvalue weighted by Crippen LogP contribution is 2.21. The summed E-state index contributed by atoms with van der Waals surface area (Å²) < 4.78 is 0. The van der Waals surface area contributed by atoms with E-state index in [1.54, 1.807) is 0 Å². The first-order valence-electron chi connectivity index (χ1n) is 4.89. The summed E-state index contributed by atoms with van der Waals surface area (Å²) in [6, 6.07) is 10.1. The fraction of sp³-hybridized carbons (Fsp3) is 0.333. The van der Waals surface area contributed by atoms with E-state index >= 15 is 0 Å². The zero-order valence-electron chi connectivity index (χ0n) is 8.35. The van der Waals surface area contributed by atoms with E-state index < -0.39 is 0 Å². The predicted octanol–water partition coefficient (Wildman–Crippen LogP) is 1.38. The third kappa shape index (κ3) is 1.86. The Bertz CT molecular complexity index is 331. The molecule has 0 aromatic heterocycles. The predicted molar refractivity (Wildman–Crippen MR) is 57.9 cm³/mol. The number of hydrogen-bond acceptors (Lipinski definition) is 2. The molecule has 1 aromatic rings. The van der Waals surface area contributed by atoms with Gasteiger partial charge in [0.05, 0.1) is 6.10 Å². The molecule has 0 aliphatic carbocycles. The molecule has 1 N–H and O–H groups in total. The minimum atomic E-state index is -0.351. The van der Waals surface area contributed by atoms with E-state index in [1.165, 1.54) is 0 Å². The van der Waals surface area contributed by atoms with Crippen molar-refractivity contribution in [1.82, 2.24) is 4.90 Å². The van der Waals surface area contributed by atoms with E-state index in [-0.39, 0.29) is 6.10 Å². The van der Waals surface area contributed by atoms with Crippen LogP contribution in [0.1, 0.15) is 5.56 Å². The molecule has 2 heteroatoms. The van der Waals surface area contributed by atoms with E-state index in [4.69, 9.17) is 0 Å². The fourth-order valence-corrected chi connectivity index (χ4v) is 1.80. The summed E-state index contributed by atoms with van der Waals surface area (Å²) in [5.41, 5.74) is 2.19. The molecule has 0 saturated carbocycles. The van der Waals surface area contributed by atoms with Gasteiger partial charge in [-0.2, -0.15) is 0 Å². The van der Waals surface area contributed by atoms with Gasteiger partial charge in [0.25, 0.3) is 0 Å². The maximum absolute atomic E-state index is 9.88. The van der Waals surface area contributed by atoms with Gasteiger partial charge in [0.2, 0.25) is 0 Å². The van der Waals surface area contributed by atoms with Gasteiger partial charge in [-0.3, -0.25) is 4.90 Å². The Balaban J connectivity index is 2.27. The summed E-state index contributed by atoms with van der Waals surface area (Å²) in [7, 11) is 2.02. The van der Waals surface area contributed by atoms with Crippen LogP contribution in [0.5, 0.6) is 0 Å². The number of benzene rings is 1. The van der Waals surface area contributed by atoms with E-state index in [2.05, 4.69) is 11.0 Å². The van der Waals surface area contributed by atoms with Gasteiger partial charge in [-0.1, -0.05) is 36.4 Å². The zero-order chi connectivity index (χ0) is 9.97. The summed E-state index contributed by atoms with van der Waals surface area (Å²) in [5, 5.41) is 9.88. The van der Waals surface area contributed by atoms with Crippen LogP contribution in [0.25, 0.3) is 5.57 Å². The van der Waals surface area contributed by atoms with E-state index in [1.807, 2.05) is 37.4 Å². The van der Waals surface area contributed by atoms with Crippen molar-refractivity contribution in [2.75, 3.05) is 20.1 Å². The molecule has 1 aromatic carbocycles. The molecule has 0 spiro atoms. The van der Waals surface area contributed by atoms with Crippen LogP contribution in [-0.2, 0) is 0 Å². The van der Waals surface area contributed by atoms with Gasteiger partial charge < -0.3 is 5.11 Å². The number of aliphatic hydroxyl groups excluding tert-OH is 1. The highest BCUT2D eigenvalue weighted by Gasteiger charge is 2.18. The topological polar surface area (TPSA) is 23.5 Å². The molecule has 2 rings (SSSR count). The number of β-amino-alcohol motifs (C(OH)–C–C–N with tert-alkyl or cyclic N) is 1. The standard InChI is InChI=1S/C12H15NO/c1-13-8-7-11(12(14)9-13)10-5-3-2-4-6-10/h2-7,12,14H,8-9H2,1H3/t12-/m1/s1. The average Bonchev–Trinajstić information content (AvgIpc) is 2.19. The van der Waals surface area contributed by atoms with Gasteiger partial charge in [-0.05, 0) is 18.2 Å². The van der Waals surface area contributed by atoms with Crippen molar-refractivity contribution in [2.24, 2.45) is 0 Å². The molecular weight excluding hydrogens is 174 g/mol. The van der Waals surface area contributed by atoms with Crippen molar-refractivity contribution in [2.45, 2.75) is 6.10 Å². The third-order valence-electron chi connectivity index (χ3n) is 2.57. The Morgan fingerprint density at radius 3 is 2.64 bits per heavy atom. The summed E-state index contributed by atoms with van der Waals surface area (Å²) in [6.07, 6.45) is 1.75. The number of rotatable bonds is 1. The van der Waals surface area contributed by atoms with Crippen molar-refractivity contribution >= 4 is 5.57 Å². The highest BCUT2D eigenvalue weighted by molar-refractivity contribution is 5.69. The Labute approximate surface area is 84.5 Å². The van der Waals surface area contributed by atoms with E-state index in [0.717, 1.165) is 24.2 Å². The number of hydrogen-bond donors (Lipinski definition) is 1. The first kappa shape index (κ1) is 9.44. The minimum Gasteiger partial charge on any atom is -0.387 e. The molecular formula is C12H15NO. The third-order valence-corrected chi connectivity index (χ3v) is 2.57. The zero-order valence-corrected chi connectivity index (χ0v) is 8.35. The quantitative estimate of drug-likeness (QED) is 0.721. The minimum absolute atomic E-state index is 0.351. The first-order valence-corrected chi connectivity index (χ1v) is 4.89. The lowest BCUT2D eigenvalue weighted by Crippen LogP contribution is -2.34. The first-order chi connectivity index (χ1) is 6.77. The Kier molecular flexibility index (Phi) is 2.66. The van der Waals surface area contributed by atoms with Gasteiger partial charge in [-0.15, -0.1) is 0 Å². The van der Waals surface area contributed by atoms with Crippen LogP contribution in [0, 0.1) is 0 Å². The second-order valence-corrected chi connectivity index (χ2v) is 3.76. The van der Waals surface area contributed by atoms with Gasteiger partial charge in [-0.25, -0.2) is 0 Å². The molecule has 1 aliphatic heterocycles. The maximum atomic E-state index is 9.88. The molecule has 1 heterocycles. The second-order valence-electron chi connectivity index (χ2n) is 3.76. The average molecular weight is 189 g/mol. The van der Waals surface area contributed by atoms with Crippen LogP contribution < -0.4 is 0 Å². The SMILES string of the molecule is CN1CC=C(c2ccccc2)[C@H](O)C1. The van der Waals surface area contributed by atoms with Crippen LogP contribution in [0.3, 0.4) is 0 Å². The highest BCUT2D eigenvalue weighted by atomic mass is 16.3. The van der Waals surface area contributed by atoms with Gasteiger partial charge in [0.15, 0.2) is 0 Å². The van der Waals surface area contributed by atoms with Gasteiger partial charge >= 0.3 is 0 Å². The lowest BCUT2D eigenvalue weighted by molar-refractivity contribution is 0.170. The fourth-order valence-electron chi connectivity index (χ4n) is 1.80. The Hall–Kier alpha value is -1.12. The van der Waals surface area contributed by atoms with Gasteiger partial charge in [0, 0.05) is 13.1 Å². The molecule has 1 atom stereocenters. The molecule has 1 aliphatic rings. The normalized spacial score (nSPS) is 23.3. The smallest absolute Gasteiger partial charge is 0.0920 e. The number of nitrogens with zero attached hydrogens (tertiary/aromatic N) is 1. The molecule has 0 saturated heterocycles. The van der Waals surface area contributed by atoms with Crippen molar-refractivity contribution in [3.63, 3.8) is 0 Å². The van der Waals surface area contributed by atoms with Crippen LogP contribution in [0.4, 0.5) is 0 Å². The molecule has 0 radical (unpaired) electrons. The molecule has 14 heavy (non-hydrogen) atoms. The molecule has 2 nitrogen and oxygen atoms in total. The van der Waals surface area contributed by atoms with Gasteiger partial charge in [0.1, 0.15) is 0 Å². The molecule has 0 amide bonds. The summed E-state index contributed by atoms with van der Waals surface area (Å²) in [5.74, 6) is 0. The number of aliphatic hydroxyl groups is 1. The number of likely N-dealkylation sites (N-methyl/N-ethyl adjacent to an activating group) is 1. The van der Waals surface area contributed by atoms with Crippen molar-refractivity contribution in [1.29, 1.82) is 0 Å². The van der Waals surface area contributed by atoms with Crippen molar-refractivity contribution in [3.8, 4) is 0 Å². The van der Waals surface area contributed by atoms with Crippen molar-refractivity contribution < 1.29 is 5.11 Å². The van der Waals surface area contributed by atoms with Crippen LogP contribution in [0.15, 0.2) is 36.4 Å². The Morgan fingerprint density at radius 1 is 1.29 bits per heavy atom. The van der Waals surface area contributed by atoms with Crippen LogP contribution >= 0.6 is 0 Å². The summed E-state index contributed by atoms with van der Waals surface area (Å²) in [4.78, 5) is 2.11. The lowest BCUT2D eigenvalue weighted by atomic mass is 9.97. The summed E-state index contributed by atoms with van der Waals surface area (Å²) in [6.45, 7) is 1.64. The maximum Gasteiger partial charge on any atom is 0.0920 e. The molecule has 0 unspecified atom stereocenters. The van der Waals surface area contributed by atoms with Crippen LogP contribution in [-0.4, -0.2) is 36.2 Å². The van der Waals surface area contributed by atoms with Crippen molar-refractivity contribution in [3.05, 3.63) is 42.0 Å². The van der Waals surface area contributed by atoms with E-state index in [9.17, 15) is 5.11 Å². The lowest BCUT2D eigenvalue weighted by Gasteiger charge is -2.27. The molecule has 74 valence electrons. The largest absolute Gasteiger partial charge is 0.387 e.